The largest absolute Gasteiger partial charge is 0.497 e. The van der Waals surface area contributed by atoms with Gasteiger partial charge in [-0.15, -0.1) is 0 Å². The summed E-state index contributed by atoms with van der Waals surface area (Å²) in [5.41, 5.74) is 8.91. The van der Waals surface area contributed by atoms with Crippen LogP contribution >= 0.6 is 0 Å². The zero-order valence-corrected chi connectivity index (χ0v) is 12.1. The summed E-state index contributed by atoms with van der Waals surface area (Å²) in [6.45, 7) is 0.440. The van der Waals surface area contributed by atoms with Crippen LogP contribution < -0.4 is 15.2 Å². The maximum absolute atomic E-state index is 5.98. The van der Waals surface area contributed by atoms with Crippen LogP contribution in [0.25, 0.3) is 0 Å². The second-order valence-electron chi connectivity index (χ2n) is 5.13. The number of hydrogen-bond acceptors (Lipinski definition) is 5. The first-order valence-electron chi connectivity index (χ1n) is 7.19. The molecule has 0 atom stereocenters. The van der Waals surface area contributed by atoms with Crippen molar-refractivity contribution in [1.29, 1.82) is 0 Å². The Balaban J connectivity index is 1.93. The first-order valence-corrected chi connectivity index (χ1v) is 7.19. The van der Waals surface area contributed by atoms with E-state index < -0.39 is 0 Å². The Morgan fingerprint density at radius 1 is 1.10 bits per heavy atom. The smallest absolute Gasteiger partial charge is 0.225 e. The van der Waals surface area contributed by atoms with Crippen LogP contribution in [0.15, 0.2) is 24.5 Å². The summed E-state index contributed by atoms with van der Waals surface area (Å²) in [6.07, 6.45) is 5.88. The number of hydrogen-bond donors (Lipinski definition) is 1. The van der Waals surface area contributed by atoms with Crippen LogP contribution in [0.2, 0.25) is 0 Å². The van der Waals surface area contributed by atoms with E-state index >= 15 is 0 Å². The van der Waals surface area contributed by atoms with Crippen molar-refractivity contribution in [3.8, 4) is 17.4 Å². The van der Waals surface area contributed by atoms with Crippen molar-refractivity contribution in [1.82, 2.24) is 9.97 Å². The average molecular weight is 285 g/mol. The minimum atomic E-state index is 0.440. The molecule has 0 bridgehead atoms. The third-order valence-corrected chi connectivity index (χ3v) is 3.71. The first-order chi connectivity index (χ1) is 10.3. The zero-order valence-electron chi connectivity index (χ0n) is 12.1. The predicted molar refractivity (Wildman–Crippen MR) is 79.6 cm³/mol. The van der Waals surface area contributed by atoms with Gasteiger partial charge in [0.05, 0.1) is 12.8 Å². The van der Waals surface area contributed by atoms with Gasteiger partial charge in [-0.05, 0) is 43.4 Å². The second kappa shape index (κ2) is 6.10. The average Bonchev–Trinajstić information content (AvgIpc) is 2.55. The predicted octanol–water partition coefficient (Wildman–Crippen LogP) is 2.62. The van der Waals surface area contributed by atoms with Crippen molar-refractivity contribution in [3.05, 3.63) is 41.3 Å². The molecule has 1 heterocycles. The first kappa shape index (κ1) is 13.8. The summed E-state index contributed by atoms with van der Waals surface area (Å²) in [5.74, 6) is 2.08. The molecule has 1 aliphatic rings. The number of ether oxygens (including phenoxy) is 2. The zero-order chi connectivity index (χ0) is 14.7. The van der Waals surface area contributed by atoms with Gasteiger partial charge >= 0.3 is 0 Å². The van der Waals surface area contributed by atoms with Crippen LogP contribution in [0, 0.1) is 0 Å². The van der Waals surface area contributed by atoms with Crippen LogP contribution in [-0.2, 0) is 19.4 Å². The fraction of sp³-hybridized carbons (Fsp3) is 0.375. The van der Waals surface area contributed by atoms with Crippen LogP contribution in [0.3, 0.4) is 0 Å². The summed E-state index contributed by atoms with van der Waals surface area (Å²) in [4.78, 5) is 8.65. The topological polar surface area (TPSA) is 70.3 Å². The maximum atomic E-state index is 5.98. The SMILES string of the molecule is COc1cc(CN)cc(Oc2ncnc3c2CCCC3)c1. The van der Waals surface area contributed by atoms with Gasteiger partial charge < -0.3 is 15.2 Å². The van der Waals surface area contributed by atoms with Gasteiger partial charge in [-0.2, -0.15) is 0 Å². The summed E-state index contributed by atoms with van der Waals surface area (Å²) in [7, 11) is 1.63. The summed E-state index contributed by atoms with van der Waals surface area (Å²) < 4.78 is 11.3. The highest BCUT2D eigenvalue weighted by atomic mass is 16.5. The molecule has 0 unspecified atom stereocenters. The Bertz CT molecular complexity index is 621. The molecule has 5 heteroatoms. The van der Waals surface area contributed by atoms with E-state index in [1.165, 1.54) is 6.42 Å². The quantitative estimate of drug-likeness (QED) is 0.935. The van der Waals surface area contributed by atoms with Crippen LogP contribution in [-0.4, -0.2) is 17.1 Å². The van der Waals surface area contributed by atoms with Gasteiger partial charge in [0.25, 0.3) is 0 Å². The van der Waals surface area contributed by atoms with Gasteiger partial charge in [0.15, 0.2) is 0 Å². The Morgan fingerprint density at radius 2 is 1.90 bits per heavy atom. The number of benzene rings is 1. The minimum absolute atomic E-state index is 0.440. The molecule has 0 spiro atoms. The van der Waals surface area contributed by atoms with E-state index in [1.807, 2.05) is 18.2 Å². The number of nitrogens with zero attached hydrogens (tertiary/aromatic N) is 2. The van der Waals surface area contributed by atoms with E-state index in [0.717, 1.165) is 41.8 Å². The number of rotatable bonds is 4. The van der Waals surface area contributed by atoms with Crippen molar-refractivity contribution in [2.45, 2.75) is 32.2 Å². The molecule has 21 heavy (non-hydrogen) atoms. The fourth-order valence-corrected chi connectivity index (χ4v) is 2.62. The minimum Gasteiger partial charge on any atom is -0.497 e. The molecule has 1 aromatic carbocycles. The van der Waals surface area contributed by atoms with Crippen molar-refractivity contribution in [2.24, 2.45) is 5.73 Å². The molecular formula is C16H19N3O2. The van der Waals surface area contributed by atoms with E-state index in [4.69, 9.17) is 15.2 Å². The van der Waals surface area contributed by atoms with Gasteiger partial charge in [0.2, 0.25) is 5.88 Å². The number of methoxy groups -OCH3 is 1. The van der Waals surface area contributed by atoms with Crippen molar-refractivity contribution >= 4 is 0 Å². The lowest BCUT2D eigenvalue weighted by molar-refractivity contribution is 0.404. The lowest BCUT2D eigenvalue weighted by Gasteiger charge is -2.17. The molecule has 0 saturated carbocycles. The van der Waals surface area contributed by atoms with E-state index in [0.29, 0.717) is 18.2 Å². The molecule has 0 aliphatic heterocycles. The number of fused-ring (bicyclic) bond motifs is 1. The summed E-state index contributed by atoms with van der Waals surface area (Å²) >= 11 is 0. The monoisotopic (exact) mass is 285 g/mol. The highest BCUT2D eigenvalue weighted by Crippen LogP contribution is 2.31. The highest BCUT2D eigenvalue weighted by Gasteiger charge is 2.17. The maximum Gasteiger partial charge on any atom is 0.225 e. The molecule has 1 aliphatic carbocycles. The van der Waals surface area contributed by atoms with Gasteiger partial charge in [0.1, 0.15) is 17.8 Å². The summed E-state index contributed by atoms with van der Waals surface area (Å²) in [6, 6.07) is 5.67. The van der Waals surface area contributed by atoms with Crippen molar-refractivity contribution in [2.75, 3.05) is 7.11 Å². The van der Waals surface area contributed by atoms with Crippen LogP contribution in [0.4, 0.5) is 0 Å². The van der Waals surface area contributed by atoms with Gasteiger partial charge in [-0.1, -0.05) is 0 Å². The van der Waals surface area contributed by atoms with E-state index in [-0.39, 0.29) is 0 Å². The third kappa shape index (κ3) is 2.97. The Labute approximate surface area is 124 Å². The number of aromatic nitrogens is 2. The standard InChI is InChI=1S/C16H19N3O2/c1-20-12-6-11(9-17)7-13(8-12)21-16-14-4-2-3-5-15(14)18-10-19-16/h6-8,10H,2-5,9,17H2,1H3. The normalized spacial score (nSPS) is 13.6. The lowest BCUT2D eigenvalue weighted by atomic mass is 9.97. The molecule has 0 fully saturated rings. The van der Waals surface area contributed by atoms with Crippen molar-refractivity contribution in [3.63, 3.8) is 0 Å². The van der Waals surface area contributed by atoms with Gasteiger partial charge in [0, 0.05) is 18.2 Å². The van der Waals surface area contributed by atoms with Crippen molar-refractivity contribution < 1.29 is 9.47 Å². The Hall–Kier alpha value is -2.14. The molecular weight excluding hydrogens is 266 g/mol. The second-order valence-corrected chi connectivity index (χ2v) is 5.13. The molecule has 0 saturated heterocycles. The van der Waals surface area contributed by atoms with Gasteiger partial charge in [-0.3, -0.25) is 0 Å². The lowest BCUT2D eigenvalue weighted by Crippen LogP contribution is -2.08. The molecule has 2 N–H and O–H groups in total. The summed E-state index contributed by atoms with van der Waals surface area (Å²) in [5, 5.41) is 0. The van der Waals surface area contributed by atoms with Crippen LogP contribution in [0.1, 0.15) is 29.7 Å². The highest BCUT2D eigenvalue weighted by molar-refractivity contribution is 5.42. The molecule has 110 valence electrons. The molecule has 0 amide bonds. The Morgan fingerprint density at radius 3 is 2.71 bits per heavy atom. The Kier molecular flexibility index (Phi) is 4.01. The van der Waals surface area contributed by atoms with E-state index in [1.54, 1.807) is 13.4 Å². The molecule has 1 aromatic heterocycles. The number of aryl methyl sites for hydroxylation is 1. The molecule has 2 aromatic rings. The molecule has 5 nitrogen and oxygen atoms in total. The van der Waals surface area contributed by atoms with E-state index in [9.17, 15) is 0 Å². The van der Waals surface area contributed by atoms with E-state index in [2.05, 4.69) is 9.97 Å². The molecule has 3 rings (SSSR count). The fourth-order valence-electron chi connectivity index (χ4n) is 2.62. The number of nitrogens with two attached hydrogens (primary N) is 1. The van der Waals surface area contributed by atoms with Crippen LogP contribution in [0.5, 0.6) is 17.4 Å². The third-order valence-electron chi connectivity index (χ3n) is 3.71. The molecule has 0 radical (unpaired) electrons. The van der Waals surface area contributed by atoms with Gasteiger partial charge in [-0.25, -0.2) is 9.97 Å².